The zero-order valence-corrected chi connectivity index (χ0v) is 11.5. The molecule has 100 valence electrons. The van der Waals surface area contributed by atoms with Crippen LogP contribution < -0.4 is 5.32 Å². The van der Waals surface area contributed by atoms with Crippen molar-refractivity contribution in [1.82, 2.24) is 20.1 Å². The van der Waals surface area contributed by atoms with Gasteiger partial charge in [-0.3, -0.25) is 0 Å². The van der Waals surface area contributed by atoms with Crippen molar-refractivity contribution < 1.29 is 4.79 Å². The predicted molar refractivity (Wildman–Crippen MR) is 71.4 cm³/mol. The first kappa shape index (κ1) is 13.0. The molecule has 0 bridgehead atoms. The lowest BCUT2D eigenvalue weighted by atomic mass is 10.1. The second-order valence-corrected chi connectivity index (χ2v) is 5.57. The molecule has 1 saturated heterocycles. The van der Waals surface area contributed by atoms with Crippen LogP contribution in [0.1, 0.15) is 25.5 Å². The quantitative estimate of drug-likeness (QED) is 0.849. The summed E-state index contributed by atoms with van der Waals surface area (Å²) in [6.07, 6.45) is 3.86. The minimum atomic E-state index is -0.0659. The average molecular weight is 250 g/mol. The molecule has 5 heteroatoms. The SMILES string of the molecule is CNC(C)(C)CN1CC(c2cc[nH]c2)N(C)C1=O. The van der Waals surface area contributed by atoms with Gasteiger partial charge in [-0.2, -0.15) is 0 Å². The van der Waals surface area contributed by atoms with Gasteiger partial charge in [0.25, 0.3) is 0 Å². The number of hydrogen-bond donors (Lipinski definition) is 2. The van der Waals surface area contributed by atoms with Crippen molar-refractivity contribution in [2.45, 2.75) is 25.4 Å². The van der Waals surface area contributed by atoms with Gasteiger partial charge < -0.3 is 20.1 Å². The van der Waals surface area contributed by atoms with Gasteiger partial charge in [0.2, 0.25) is 0 Å². The average Bonchev–Trinajstić information content (AvgIpc) is 2.93. The minimum Gasteiger partial charge on any atom is -0.367 e. The van der Waals surface area contributed by atoms with Gasteiger partial charge in [-0.25, -0.2) is 4.79 Å². The van der Waals surface area contributed by atoms with Crippen LogP contribution in [0.2, 0.25) is 0 Å². The van der Waals surface area contributed by atoms with Gasteiger partial charge in [0.15, 0.2) is 0 Å². The second kappa shape index (κ2) is 4.65. The summed E-state index contributed by atoms with van der Waals surface area (Å²) < 4.78 is 0. The maximum Gasteiger partial charge on any atom is 0.320 e. The number of urea groups is 1. The molecule has 2 amide bonds. The maximum atomic E-state index is 12.2. The Labute approximate surface area is 108 Å². The zero-order valence-electron chi connectivity index (χ0n) is 11.5. The smallest absolute Gasteiger partial charge is 0.320 e. The monoisotopic (exact) mass is 250 g/mol. The van der Waals surface area contributed by atoms with Crippen LogP contribution in [-0.2, 0) is 0 Å². The molecule has 1 atom stereocenters. The summed E-state index contributed by atoms with van der Waals surface area (Å²) in [6, 6.07) is 2.28. The third-order valence-corrected chi connectivity index (χ3v) is 3.70. The molecular weight excluding hydrogens is 228 g/mol. The van der Waals surface area contributed by atoms with E-state index in [2.05, 4.69) is 24.1 Å². The van der Waals surface area contributed by atoms with E-state index in [-0.39, 0.29) is 17.6 Å². The van der Waals surface area contributed by atoms with E-state index in [1.54, 1.807) is 0 Å². The molecule has 1 unspecified atom stereocenters. The number of nitrogens with one attached hydrogen (secondary N) is 2. The van der Waals surface area contributed by atoms with Crippen molar-refractivity contribution >= 4 is 6.03 Å². The Hall–Kier alpha value is -1.49. The molecular formula is C13H22N4O. The number of hydrogen-bond acceptors (Lipinski definition) is 2. The Balaban J connectivity index is 2.10. The molecule has 2 N–H and O–H groups in total. The first-order valence-corrected chi connectivity index (χ1v) is 6.28. The van der Waals surface area contributed by atoms with E-state index in [0.29, 0.717) is 6.54 Å². The standard InChI is InChI=1S/C13H22N4O/c1-13(2,14-3)9-17-8-11(16(4)12(17)18)10-5-6-15-7-10/h5-7,11,14-15H,8-9H2,1-4H3. The van der Waals surface area contributed by atoms with Crippen molar-refractivity contribution in [2.75, 3.05) is 27.2 Å². The summed E-state index contributed by atoms with van der Waals surface area (Å²) in [5, 5.41) is 3.23. The Morgan fingerprint density at radius 1 is 1.56 bits per heavy atom. The van der Waals surface area contributed by atoms with Crippen LogP contribution >= 0.6 is 0 Å². The topological polar surface area (TPSA) is 51.4 Å². The molecule has 0 spiro atoms. The molecule has 0 saturated carbocycles. The van der Waals surface area contributed by atoms with E-state index in [9.17, 15) is 4.79 Å². The van der Waals surface area contributed by atoms with Crippen LogP contribution in [0.25, 0.3) is 0 Å². The van der Waals surface area contributed by atoms with Crippen molar-refractivity contribution in [3.63, 3.8) is 0 Å². The van der Waals surface area contributed by atoms with Crippen LogP contribution in [0.5, 0.6) is 0 Å². The summed E-state index contributed by atoms with van der Waals surface area (Å²) in [6.45, 7) is 5.67. The van der Waals surface area contributed by atoms with Crippen molar-refractivity contribution in [2.24, 2.45) is 0 Å². The Kier molecular flexibility index (Phi) is 3.34. The number of aromatic amines is 1. The van der Waals surface area contributed by atoms with Crippen LogP contribution in [0.3, 0.4) is 0 Å². The summed E-state index contributed by atoms with van der Waals surface area (Å²) in [7, 11) is 3.79. The van der Waals surface area contributed by atoms with Crippen LogP contribution in [-0.4, -0.2) is 53.5 Å². The highest BCUT2D eigenvalue weighted by atomic mass is 16.2. The molecule has 0 radical (unpaired) electrons. The van der Waals surface area contributed by atoms with E-state index < -0.39 is 0 Å². The maximum absolute atomic E-state index is 12.2. The second-order valence-electron chi connectivity index (χ2n) is 5.57. The number of carbonyl (C=O) groups excluding carboxylic acids is 1. The fraction of sp³-hybridized carbons (Fsp3) is 0.615. The third kappa shape index (κ3) is 2.36. The summed E-state index contributed by atoms with van der Waals surface area (Å²) in [5.41, 5.74) is 1.10. The molecule has 18 heavy (non-hydrogen) atoms. The fourth-order valence-electron chi connectivity index (χ4n) is 2.33. The van der Waals surface area contributed by atoms with Gasteiger partial charge >= 0.3 is 6.03 Å². The van der Waals surface area contributed by atoms with Gasteiger partial charge in [-0.15, -0.1) is 0 Å². The summed E-state index contributed by atoms with van der Waals surface area (Å²) in [5.74, 6) is 0. The molecule has 0 aromatic carbocycles. The molecule has 1 aromatic heterocycles. The lowest BCUT2D eigenvalue weighted by Crippen LogP contribution is -2.48. The van der Waals surface area contributed by atoms with E-state index in [0.717, 1.165) is 12.1 Å². The highest BCUT2D eigenvalue weighted by Gasteiger charge is 2.37. The third-order valence-electron chi connectivity index (χ3n) is 3.70. The first-order valence-electron chi connectivity index (χ1n) is 6.28. The van der Waals surface area contributed by atoms with E-state index in [1.165, 1.54) is 0 Å². The molecule has 2 rings (SSSR count). The van der Waals surface area contributed by atoms with Gasteiger partial charge in [-0.05, 0) is 32.5 Å². The minimum absolute atomic E-state index is 0.0659. The largest absolute Gasteiger partial charge is 0.367 e. The van der Waals surface area contributed by atoms with Crippen molar-refractivity contribution in [3.05, 3.63) is 24.0 Å². The molecule has 2 heterocycles. The Morgan fingerprint density at radius 3 is 2.83 bits per heavy atom. The molecule has 1 fully saturated rings. The van der Waals surface area contributed by atoms with Gasteiger partial charge in [0.1, 0.15) is 0 Å². The first-order chi connectivity index (χ1) is 8.44. The lowest BCUT2D eigenvalue weighted by Gasteiger charge is -2.29. The van der Waals surface area contributed by atoms with Crippen molar-refractivity contribution in [3.8, 4) is 0 Å². The van der Waals surface area contributed by atoms with E-state index >= 15 is 0 Å². The highest BCUT2D eigenvalue weighted by Crippen LogP contribution is 2.28. The number of likely N-dealkylation sites (N-methyl/N-ethyl adjacent to an activating group) is 2. The van der Waals surface area contributed by atoms with Gasteiger partial charge in [-0.1, -0.05) is 0 Å². The van der Waals surface area contributed by atoms with Crippen LogP contribution in [0, 0.1) is 0 Å². The summed E-state index contributed by atoms with van der Waals surface area (Å²) in [4.78, 5) is 19.0. The van der Waals surface area contributed by atoms with Gasteiger partial charge in [0, 0.05) is 38.1 Å². The van der Waals surface area contributed by atoms with E-state index in [4.69, 9.17) is 0 Å². The molecule has 1 aromatic rings. The van der Waals surface area contributed by atoms with Crippen molar-refractivity contribution in [1.29, 1.82) is 0 Å². The number of carbonyl (C=O) groups is 1. The Morgan fingerprint density at radius 2 is 2.28 bits per heavy atom. The highest BCUT2D eigenvalue weighted by molar-refractivity contribution is 5.77. The lowest BCUT2D eigenvalue weighted by molar-refractivity contribution is 0.184. The fourth-order valence-corrected chi connectivity index (χ4v) is 2.33. The van der Waals surface area contributed by atoms with Gasteiger partial charge in [0.05, 0.1) is 6.04 Å². The number of nitrogens with zero attached hydrogens (tertiary/aromatic N) is 2. The van der Waals surface area contributed by atoms with Crippen LogP contribution in [0.15, 0.2) is 18.5 Å². The Bertz CT molecular complexity index is 413. The normalized spacial score (nSPS) is 20.9. The molecule has 0 aliphatic carbocycles. The molecule has 1 aliphatic rings. The number of aromatic nitrogens is 1. The zero-order chi connectivity index (χ0) is 13.3. The summed E-state index contributed by atoms with van der Waals surface area (Å²) >= 11 is 0. The predicted octanol–water partition coefficient (Wildman–Crippen LogP) is 1.42. The number of rotatable bonds is 4. The molecule has 1 aliphatic heterocycles. The molecule has 5 nitrogen and oxygen atoms in total. The number of H-pyrrole nitrogens is 1. The van der Waals surface area contributed by atoms with E-state index in [1.807, 2.05) is 42.4 Å². The number of amides is 2. The van der Waals surface area contributed by atoms with Crippen LogP contribution in [0.4, 0.5) is 4.79 Å².